The number of phosphoric acid groups is 1. The minimum absolute atomic E-state index is 0.0485. The van der Waals surface area contributed by atoms with Crippen molar-refractivity contribution >= 4 is 13.7 Å². The molecular formula is C50H94N2O6P+. The summed E-state index contributed by atoms with van der Waals surface area (Å²) in [6.45, 7) is 4.75. The van der Waals surface area contributed by atoms with Crippen LogP contribution in [0.1, 0.15) is 200 Å². The maximum atomic E-state index is 12.9. The van der Waals surface area contributed by atoms with Crippen LogP contribution in [0.25, 0.3) is 0 Å². The van der Waals surface area contributed by atoms with Crippen LogP contribution in [0.2, 0.25) is 0 Å². The van der Waals surface area contributed by atoms with Crippen LogP contribution >= 0.6 is 7.82 Å². The maximum Gasteiger partial charge on any atom is 0.472 e. The first-order chi connectivity index (χ1) is 28.5. The molecule has 0 spiro atoms. The van der Waals surface area contributed by atoms with Crippen LogP contribution in [0.3, 0.4) is 0 Å². The quantitative estimate of drug-likeness (QED) is 0.0244. The van der Waals surface area contributed by atoms with E-state index in [2.05, 4.69) is 67.8 Å². The van der Waals surface area contributed by atoms with E-state index in [1.807, 2.05) is 27.2 Å². The Morgan fingerprint density at radius 1 is 0.576 bits per heavy atom. The topological polar surface area (TPSA) is 105 Å². The number of carbonyl (C=O) groups excluding carboxylic acids is 1. The second-order valence-corrected chi connectivity index (χ2v) is 18.9. The minimum Gasteiger partial charge on any atom is -0.387 e. The summed E-state index contributed by atoms with van der Waals surface area (Å²) in [6.07, 6.45) is 54.4. The van der Waals surface area contributed by atoms with Gasteiger partial charge in [-0.05, 0) is 77.0 Å². The lowest BCUT2D eigenvalue weighted by Crippen LogP contribution is -2.45. The Hall–Kier alpha value is -1.80. The first-order valence-corrected chi connectivity index (χ1v) is 25.7. The van der Waals surface area contributed by atoms with E-state index < -0.39 is 20.0 Å². The van der Waals surface area contributed by atoms with Crippen molar-refractivity contribution in [2.24, 2.45) is 0 Å². The highest BCUT2D eigenvalue weighted by Gasteiger charge is 2.27. The number of hydrogen-bond donors (Lipinski definition) is 3. The van der Waals surface area contributed by atoms with Gasteiger partial charge in [0.25, 0.3) is 0 Å². The fourth-order valence-electron chi connectivity index (χ4n) is 6.57. The molecule has 59 heavy (non-hydrogen) atoms. The van der Waals surface area contributed by atoms with E-state index in [1.54, 1.807) is 6.08 Å². The number of aliphatic hydroxyl groups excluding tert-OH is 1. The molecule has 0 heterocycles. The van der Waals surface area contributed by atoms with Crippen LogP contribution in [0.5, 0.6) is 0 Å². The van der Waals surface area contributed by atoms with E-state index in [0.29, 0.717) is 17.4 Å². The number of allylic oxidation sites excluding steroid dienone is 9. The number of phosphoric ester groups is 1. The van der Waals surface area contributed by atoms with Crippen LogP contribution in [0.4, 0.5) is 0 Å². The van der Waals surface area contributed by atoms with Crippen LogP contribution in [0.15, 0.2) is 60.8 Å². The summed E-state index contributed by atoms with van der Waals surface area (Å²) in [5, 5.41) is 13.8. The highest BCUT2D eigenvalue weighted by molar-refractivity contribution is 7.47. The summed E-state index contributed by atoms with van der Waals surface area (Å²) in [5.41, 5.74) is 0. The molecule has 0 saturated carbocycles. The number of nitrogens with one attached hydrogen (secondary N) is 1. The predicted octanol–water partition coefficient (Wildman–Crippen LogP) is 13.8. The van der Waals surface area contributed by atoms with Gasteiger partial charge in [-0.1, -0.05) is 177 Å². The van der Waals surface area contributed by atoms with Gasteiger partial charge in [-0.3, -0.25) is 13.8 Å². The van der Waals surface area contributed by atoms with E-state index in [-0.39, 0.29) is 19.1 Å². The molecule has 0 aliphatic carbocycles. The highest BCUT2D eigenvalue weighted by Crippen LogP contribution is 2.43. The monoisotopic (exact) mass is 850 g/mol. The lowest BCUT2D eigenvalue weighted by atomic mass is 10.1. The van der Waals surface area contributed by atoms with Crippen LogP contribution in [-0.2, 0) is 18.4 Å². The molecule has 0 fully saturated rings. The molecular weight excluding hydrogens is 756 g/mol. The highest BCUT2D eigenvalue weighted by atomic mass is 31.2. The van der Waals surface area contributed by atoms with Gasteiger partial charge in [-0.2, -0.15) is 0 Å². The molecule has 0 radical (unpaired) electrons. The summed E-state index contributed by atoms with van der Waals surface area (Å²) in [5.74, 6) is -0.207. The van der Waals surface area contributed by atoms with Gasteiger partial charge in [-0.25, -0.2) is 4.57 Å². The molecule has 3 atom stereocenters. The Bertz CT molecular complexity index is 1140. The first-order valence-electron chi connectivity index (χ1n) is 24.2. The summed E-state index contributed by atoms with van der Waals surface area (Å²) in [6, 6.07) is -0.878. The third kappa shape index (κ3) is 44.1. The summed E-state index contributed by atoms with van der Waals surface area (Å²) >= 11 is 0. The SMILES string of the molecule is CCCCCC/C=C\C/C=C\CCCCCCCC(=O)NC(COP(=O)(O)OCC[N+](C)(C)C)C(O)/C=C/CC/C=C/CC/C=C/CCCCCCCCCCCCC. The standard InChI is InChI=1S/C50H93N2O6P/c1-6-8-10-12-14-16-18-20-22-24-25-26-27-28-29-31-33-35-37-39-41-43-49(53)48(47-58-59(55,56)57-46-45-52(3,4)5)51-50(54)44-42-40-38-36-34-32-30-23-21-19-17-15-13-11-9-7-2/h17,19,23,27-28,30,33,35,41,43,48-49,53H,6-16,18,20-22,24-26,29,31-32,34,36-40,42,44-47H2,1-5H3,(H-,51,54,55,56)/p+1/b19-17-,28-27+,30-23-,35-33+,43-41+. The molecule has 0 aromatic heterocycles. The van der Waals surface area contributed by atoms with E-state index in [4.69, 9.17) is 9.05 Å². The Morgan fingerprint density at radius 2 is 0.983 bits per heavy atom. The number of quaternary nitrogens is 1. The molecule has 0 rings (SSSR count). The van der Waals surface area contributed by atoms with E-state index in [1.165, 1.54) is 109 Å². The van der Waals surface area contributed by atoms with Crippen molar-refractivity contribution < 1.29 is 32.9 Å². The van der Waals surface area contributed by atoms with Crippen LogP contribution in [-0.4, -0.2) is 73.4 Å². The van der Waals surface area contributed by atoms with E-state index in [0.717, 1.165) is 70.6 Å². The van der Waals surface area contributed by atoms with Gasteiger partial charge in [-0.15, -0.1) is 0 Å². The largest absolute Gasteiger partial charge is 0.472 e. The Kier molecular flexibility index (Phi) is 40.3. The molecule has 344 valence electrons. The zero-order valence-electron chi connectivity index (χ0n) is 39.0. The summed E-state index contributed by atoms with van der Waals surface area (Å²) in [7, 11) is 1.53. The van der Waals surface area contributed by atoms with Gasteiger partial charge >= 0.3 is 7.82 Å². The number of aliphatic hydroxyl groups is 1. The Labute approximate surface area is 364 Å². The van der Waals surface area contributed by atoms with Crippen molar-refractivity contribution in [1.82, 2.24) is 5.32 Å². The van der Waals surface area contributed by atoms with E-state index in [9.17, 15) is 19.4 Å². The zero-order chi connectivity index (χ0) is 43.6. The Balaban J connectivity index is 4.48. The molecule has 0 aliphatic heterocycles. The third-order valence-electron chi connectivity index (χ3n) is 10.4. The molecule has 0 aromatic carbocycles. The van der Waals surface area contributed by atoms with Crippen molar-refractivity contribution in [3.63, 3.8) is 0 Å². The average molecular weight is 850 g/mol. The molecule has 8 nitrogen and oxygen atoms in total. The molecule has 0 saturated heterocycles. The van der Waals surface area contributed by atoms with E-state index >= 15 is 0 Å². The van der Waals surface area contributed by atoms with Gasteiger partial charge in [0.15, 0.2) is 0 Å². The third-order valence-corrected chi connectivity index (χ3v) is 11.4. The molecule has 3 N–H and O–H groups in total. The number of carbonyl (C=O) groups is 1. The first kappa shape index (κ1) is 57.2. The molecule has 0 aliphatic rings. The van der Waals surface area contributed by atoms with Crippen molar-refractivity contribution in [1.29, 1.82) is 0 Å². The number of likely N-dealkylation sites (N-methyl/N-ethyl adjacent to an activating group) is 1. The predicted molar refractivity (Wildman–Crippen MR) is 254 cm³/mol. The van der Waals surface area contributed by atoms with Crippen molar-refractivity contribution in [3.05, 3.63) is 60.8 Å². The van der Waals surface area contributed by atoms with Crippen molar-refractivity contribution in [3.8, 4) is 0 Å². The number of amides is 1. The van der Waals surface area contributed by atoms with Crippen LogP contribution < -0.4 is 5.32 Å². The lowest BCUT2D eigenvalue weighted by Gasteiger charge is -2.25. The lowest BCUT2D eigenvalue weighted by molar-refractivity contribution is -0.870. The number of rotatable bonds is 43. The average Bonchev–Trinajstić information content (AvgIpc) is 3.19. The summed E-state index contributed by atoms with van der Waals surface area (Å²) in [4.78, 5) is 23.1. The fourth-order valence-corrected chi connectivity index (χ4v) is 7.31. The van der Waals surface area contributed by atoms with Gasteiger partial charge in [0, 0.05) is 6.42 Å². The van der Waals surface area contributed by atoms with Crippen molar-refractivity contribution in [2.75, 3.05) is 40.9 Å². The molecule has 9 heteroatoms. The molecule has 3 unspecified atom stereocenters. The number of hydrogen-bond acceptors (Lipinski definition) is 5. The van der Waals surface area contributed by atoms with Gasteiger partial charge in [0.1, 0.15) is 13.2 Å². The second-order valence-electron chi connectivity index (χ2n) is 17.5. The molecule has 0 aromatic rings. The second kappa shape index (κ2) is 41.5. The molecule has 1 amide bonds. The maximum absolute atomic E-state index is 12.9. The number of nitrogens with zero attached hydrogens (tertiary/aromatic N) is 1. The smallest absolute Gasteiger partial charge is 0.387 e. The zero-order valence-corrected chi connectivity index (χ0v) is 39.9. The van der Waals surface area contributed by atoms with Gasteiger partial charge < -0.3 is 19.8 Å². The van der Waals surface area contributed by atoms with Crippen LogP contribution in [0, 0.1) is 0 Å². The van der Waals surface area contributed by atoms with Crippen molar-refractivity contribution in [2.45, 2.75) is 212 Å². The fraction of sp³-hybridized carbons (Fsp3) is 0.780. The number of unbranched alkanes of at least 4 members (excludes halogenated alkanes) is 22. The Morgan fingerprint density at radius 3 is 1.47 bits per heavy atom. The molecule has 0 bridgehead atoms. The minimum atomic E-state index is -4.36. The summed E-state index contributed by atoms with van der Waals surface area (Å²) < 4.78 is 23.6. The normalized spacial score (nSPS) is 14.8. The van der Waals surface area contributed by atoms with Gasteiger partial charge in [0.05, 0.1) is 39.9 Å². The van der Waals surface area contributed by atoms with Gasteiger partial charge in [0.2, 0.25) is 5.91 Å².